The van der Waals surface area contributed by atoms with Gasteiger partial charge in [-0.25, -0.2) is 9.59 Å². The summed E-state index contributed by atoms with van der Waals surface area (Å²) in [6.07, 6.45) is 12.1. The minimum Gasteiger partial charge on any atom is -0.459 e. The number of fused-ring (bicyclic) bond motifs is 4. The highest BCUT2D eigenvalue weighted by atomic mass is 79.9. The van der Waals surface area contributed by atoms with Crippen molar-refractivity contribution in [1.29, 1.82) is 0 Å². The summed E-state index contributed by atoms with van der Waals surface area (Å²) in [5.41, 5.74) is 0.387. The molecule has 202 valence electrons. The predicted molar refractivity (Wildman–Crippen MR) is 141 cm³/mol. The molecule has 4 aliphatic carbocycles. The van der Waals surface area contributed by atoms with E-state index >= 15 is 0 Å². The lowest BCUT2D eigenvalue weighted by atomic mass is 9.43. The van der Waals surface area contributed by atoms with Gasteiger partial charge in [0, 0.05) is 21.9 Å². The minimum atomic E-state index is -0.447. The summed E-state index contributed by atoms with van der Waals surface area (Å²) in [5, 5.41) is 0. The molecule has 4 saturated carbocycles. The molecule has 0 unspecified atom stereocenters. The number of benzene rings is 1. The molecule has 3 aliphatic heterocycles. The van der Waals surface area contributed by atoms with Crippen LogP contribution in [0.5, 0.6) is 0 Å². The van der Waals surface area contributed by atoms with Gasteiger partial charge < -0.3 is 18.9 Å². The molecule has 8 rings (SSSR count). The maximum atomic E-state index is 12.8. The summed E-state index contributed by atoms with van der Waals surface area (Å²) in [4.78, 5) is 24.6. The third-order valence-electron chi connectivity index (χ3n) is 12.3. The Bertz CT molecular complexity index is 1250. The van der Waals surface area contributed by atoms with E-state index in [9.17, 15) is 9.59 Å². The molecular formula is C31H35BrO6. The van der Waals surface area contributed by atoms with Gasteiger partial charge >= 0.3 is 11.9 Å². The largest absolute Gasteiger partial charge is 0.459 e. The Hall–Kier alpha value is -1.70. The zero-order chi connectivity index (χ0) is 26.1. The Kier molecular flexibility index (Phi) is 4.91. The van der Waals surface area contributed by atoms with Crippen molar-refractivity contribution in [2.75, 3.05) is 0 Å². The van der Waals surface area contributed by atoms with Crippen LogP contribution in [0.15, 0.2) is 40.9 Å². The molecule has 11 atom stereocenters. The molecule has 1 aromatic rings. The molecule has 1 spiro atoms. The fourth-order valence-electron chi connectivity index (χ4n) is 10.3. The van der Waals surface area contributed by atoms with Gasteiger partial charge in [0.2, 0.25) is 6.29 Å². The molecule has 3 heterocycles. The monoisotopic (exact) mass is 582 g/mol. The summed E-state index contributed by atoms with van der Waals surface area (Å²) in [7, 11) is 0. The van der Waals surface area contributed by atoms with Gasteiger partial charge in [0.15, 0.2) is 5.60 Å². The van der Waals surface area contributed by atoms with Crippen LogP contribution >= 0.6 is 15.9 Å². The van der Waals surface area contributed by atoms with Gasteiger partial charge in [-0.15, -0.1) is 0 Å². The molecule has 1 aromatic carbocycles. The van der Waals surface area contributed by atoms with Crippen molar-refractivity contribution in [3.8, 4) is 0 Å². The molecule has 0 N–H and O–H groups in total. The summed E-state index contributed by atoms with van der Waals surface area (Å²) in [6, 6.07) is 7.43. The second kappa shape index (κ2) is 7.73. The number of hydrogen-bond donors (Lipinski definition) is 0. The highest BCUT2D eigenvalue weighted by Gasteiger charge is 2.85. The third kappa shape index (κ3) is 3.02. The van der Waals surface area contributed by atoms with Crippen molar-refractivity contribution in [2.45, 2.75) is 94.9 Å². The normalized spacial score (nSPS) is 51.4. The average molecular weight is 584 g/mol. The first-order valence-corrected chi connectivity index (χ1v) is 15.2. The van der Waals surface area contributed by atoms with E-state index in [1.807, 2.05) is 30.3 Å². The van der Waals surface area contributed by atoms with E-state index in [-0.39, 0.29) is 34.5 Å². The molecule has 38 heavy (non-hydrogen) atoms. The highest BCUT2D eigenvalue weighted by Crippen LogP contribution is 2.79. The molecule has 0 radical (unpaired) electrons. The maximum absolute atomic E-state index is 12.8. The topological polar surface area (TPSA) is 77.7 Å². The molecule has 2 saturated heterocycles. The molecule has 0 bridgehead atoms. The Balaban J connectivity index is 1.00. The van der Waals surface area contributed by atoms with E-state index in [0.29, 0.717) is 35.3 Å². The number of esters is 2. The Morgan fingerprint density at radius 1 is 1.00 bits per heavy atom. The summed E-state index contributed by atoms with van der Waals surface area (Å²) in [5.74, 6) is 1.59. The van der Waals surface area contributed by atoms with Crippen LogP contribution in [0.4, 0.5) is 0 Å². The molecule has 7 aliphatic rings. The molecule has 6 nitrogen and oxygen atoms in total. The first-order chi connectivity index (χ1) is 18.2. The second-order valence-electron chi connectivity index (χ2n) is 13.5. The summed E-state index contributed by atoms with van der Waals surface area (Å²) in [6.45, 7) is 4.96. The van der Waals surface area contributed by atoms with Crippen molar-refractivity contribution < 1.29 is 28.5 Å². The van der Waals surface area contributed by atoms with Gasteiger partial charge in [-0.05, 0) is 105 Å². The van der Waals surface area contributed by atoms with Crippen molar-refractivity contribution in [2.24, 2.45) is 34.5 Å². The Morgan fingerprint density at radius 2 is 1.82 bits per heavy atom. The van der Waals surface area contributed by atoms with Crippen LogP contribution in [-0.2, 0) is 23.7 Å². The van der Waals surface area contributed by atoms with Gasteiger partial charge in [-0.2, -0.15) is 0 Å². The Labute approximate surface area is 231 Å². The fraction of sp³-hybridized carbons (Fsp3) is 0.677. The number of halogens is 1. The SMILES string of the molecule is C[C@]12CC[C@H](OC(=O)c3ccc(Br)cc3)C[C@H]1CC[C@@H]1[C@@H]2CC[C@]2(C)[C@@H]([C@]34C=CC(=O)O[C@H]3O4)C[C@H]3O[C@]132. The highest BCUT2D eigenvalue weighted by molar-refractivity contribution is 9.10. The Morgan fingerprint density at radius 3 is 2.61 bits per heavy atom. The second-order valence-corrected chi connectivity index (χ2v) is 14.4. The molecule has 0 amide bonds. The van der Waals surface area contributed by atoms with Crippen molar-refractivity contribution in [1.82, 2.24) is 0 Å². The lowest BCUT2D eigenvalue weighted by Crippen LogP contribution is -2.59. The van der Waals surface area contributed by atoms with Gasteiger partial charge in [-0.3, -0.25) is 0 Å². The quantitative estimate of drug-likeness (QED) is 0.322. The average Bonchev–Trinajstić information content (AvgIpc) is 3.78. The third-order valence-corrected chi connectivity index (χ3v) is 12.8. The van der Waals surface area contributed by atoms with Crippen LogP contribution < -0.4 is 0 Å². The van der Waals surface area contributed by atoms with Crippen LogP contribution in [0.3, 0.4) is 0 Å². The van der Waals surface area contributed by atoms with E-state index in [4.69, 9.17) is 18.9 Å². The lowest BCUT2D eigenvalue weighted by molar-refractivity contribution is -0.152. The zero-order valence-corrected chi connectivity index (χ0v) is 23.6. The number of hydrogen-bond acceptors (Lipinski definition) is 6. The number of carbonyl (C=O) groups is 2. The number of carbonyl (C=O) groups excluding carboxylic acids is 2. The molecule has 7 heteroatoms. The number of ether oxygens (including phenoxy) is 4. The standard InChI is InChI=1S/C31H35BrO6/c1-28-12-9-20(35-26(34)17-3-6-19(32)7-4-17)15-18(28)5-8-22-21(28)10-13-29(2)23(16-24-31(22,29)37-24)30-14-11-25(33)36-27(30)38-30/h3-4,6-7,11,14,18,20-24,27H,5,8-10,12-13,15-16H2,1-2H3/t18-,20+,21+,22-,23+,24-,27+,28+,29-,30-,31-/m1/s1. The van der Waals surface area contributed by atoms with Gasteiger partial charge in [0.05, 0.1) is 11.7 Å². The van der Waals surface area contributed by atoms with Crippen LogP contribution in [-0.4, -0.2) is 41.6 Å². The van der Waals surface area contributed by atoms with E-state index < -0.39 is 11.9 Å². The maximum Gasteiger partial charge on any atom is 0.338 e. The summed E-state index contributed by atoms with van der Waals surface area (Å²) < 4.78 is 25.3. The van der Waals surface area contributed by atoms with Gasteiger partial charge in [0.1, 0.15) is 11.7 Å². The van der Waals surface area contributed by atoms with E-state index in [2.05, 4.69) is 29.8 Å². The predicted octanol–water partition coefficient (Wildman–Crippen LogP) is 5.97. The van der Waals surface area contributed by atoms with E-state index in [0.717, 1.165) is 36.6 Å². The molecular weight excluding hydrogens is 548 g/mol. The number of epoxide rings is 2. The van der Waals surface area contributed by atoms with E-state index in [1.165, 1.54) is 19.3 Å². The smallest absolute Gasteiger partial charge is 0.338 e. The van der Waals surface area contributed by atoms with Crippen LogP contribution in [0, 0.1) is 34.5 Å². The van der Waals surface area contributed by atoms with Crippen molar-refractivity contribution in [3.05, 3.63) is 46.5 Å². The first kappa shape index (κ1) is 24.1. The molecule has 0 aromatic heterocycles. The number of rotatable bonds is 3. The van der Waals surface area contributed by atoms with Crippen LogP contribution in [0.25, 0.3) is 0 Å². The minimum absolute atomic E-state index is 0.00239. The van der Waals surface area contributed by atoms with Gasteiger partial charge in [0.25, 0.3) is 0 Å². The van der Waals surface area contributed by atoms with Crippen LogP contribution in [0.1, 0.15) is 75.6 Å². The zero-order valence-electron chi connectivity index (χ0n) is 22.0. The fourth-order valence-corrected chi connectivity index (χ4v) is 10.6. The van der Waals surface area contributed by atoms with E-state index in [1.54, 1.807) is 6.08 Å². The molecule has 6 fully saturated rings. The lowest BCUT2D eigenvalue weighted by Gasteiger charge is -2.61. The van der Waals surface area contributed by atoms with Gasteiger partial charge in [-0.1, -0.05) is 29.8 Å². The van der Waals surface area contributed by atoms with Crippen LogP contribution in [0.2, 0.25) is 0 Å². The first-order valence-electron chi connectivity index (χ1n) is 14.4. The van der Waals surface area contributed by atoms with Crippen molar-refractivity contribution >= 4 is 27.9 Å². The summed E-state index contributed by atoms with van der Waals surface area (Å²) >= 11 is 3.43. The van der Waals surface area contributed by atoms with Crippen molar-refractivity contribution in [3.63, 3.8) is 0 Å².